The van der Waals surface area contributed by atoms with E-state index in [-0.39, 0.29) is 35.2 Å². The lowest BCUT2D eigenvalue weighted by Crippen LogP contribution is -2.46. The number of benzene rings is 3. The van der Waals surface area contributed by atoms with Gasteiger partial charge in [-0.1, -0.05) is 141 Å². The fourth-order valence-electron chi connectivity index (χ4n) is 6.89. The van der Waals surface area contributed by atoms with E-state index in [0.29, 0.717) is 22.2 Å². The Morgan fingerprint density at radius 2 is 1.32 bits per heavy atom. The molecule has 0 spiro atoms. The number of carbonyl (C=O) groups excluding carboxylic acids is 3. The number of aromatic nitrogens is 3. The van der Waals surface area contributed by atoms with E-state index in [1.807, 2.05) is 6.07 Å². The molecule has 1 aromatic heterocycles. The highest BCUT2D eigenvalue weighted by Crippen LogP contribution is 2.31. The number of ketones is 1. The first-order valence-corrected chi connectivity index (χ1v) is 22.5. The van der Waals surface area contributed by atoms with Gasteiger partial charge in [-0.25, -0.2) is 27.3 Å². The van der Waals surface area contributed by atoms with E-state index in [0.717, 1.165) is 23.9 Å². The second kappa shape index (κ2) is 21.7. The standard InChI is InChI=1S/C45H61N5O8S/c1-7-8-9-10-11-12-13-14-15-22-29-59(56,57)32-33(2)41(52)46-35-27-28-38(58-6)37(30-35)47-42(53)39(40(51)45(3,4)5)49-43(54)48(31-34-23-18-16-19-24-34)50(44(49)55)36-25-20-17-21-26-36/h16-21,23-28,30,33,39H,7-15,22,29,31-32H2,1-6H3,(H,46,52)(H,47,53). The first-order valence-electron chi connectivity index (χ1n) is 20.7. The lowest BCUT2D eigenvalue weighted by Gasteiger charge is -2.24. The molecular formula is C45H61N5O8S. The number of nitrogens with zero attached hydrogens (tertiary/aromatic N) is 3. The van der Waals surface area contributed by atoms with Gasteiger partial charge >= 0.3 is 11.4 Å². The third-order valence-corrected chi connectivity index (χ3v) is 12.1. The van der Waals surface area contributed by atoms with Crippen LogP contribution >= 0.6 is 0 Å². The molecule has 0 aliphatic carbocycles. The number of para-hydroxylation sites is 1. The number of nitrogens with one attached hydrogen (secondary N) is 2. The zero-order valence-electron chi connectivity index (χ0n) is 35.4. The van der Waals surface area contributed by atoms with Gasteiger partial charge in [0.15, 0.2) is 21.7 Å². The van der Waals surface area contributed by atoms with Crippen molar-refractivity contribution in [2.45, 2.75) is 111 Å². The number of rotatable bonds is 23. The average Bonchev–Trinajstić information content (AvgIpc) is 3.43. The summed E-state index contributed by atoms with van der Waals surface area (Å²) in [5.74, 6) is -3.20. The molecule has 0 aliphatic heterocycles. The maximum atomic E-state index is 14.3. The van der Waals surface area contributed by atoms with Crippen LogP contribution < -0.4 is 26.7 Å². The summed E-state index contributed by atoms with van der Waals surface area (Å²) in [5, 5.41) is 5.40. The number of amides is 2. The predicted molar refractivity (Wildman–Crippen MR) is 233 cm³/mol. The van der Waals surface area contributed by atoms with E-state index in [9.17, 15) is 32.4 Å². The monoisotopic (exact) mass is 831 g/mol. The van der Waals surface area contributed by atoms with Gasteiger partial charge in [0.25, 0.3) is 5.91 Å². The van der Waals surface area contributed by atoms with Crippen molar-refractivity contribution in [3.05, 3.63) is 105 Å². The average molecular weight is 832 g/mol. The van der Waals surface area contributed by atoms with Gasteiger partial charge in [-0.05, 0) is 42.3 Å². The Hall–Kier alpha value is -5.24. The van der Waals surface area contributed by atoms with Crippen LogP contribution in [0.1, 0.15) is 110 Å². The van der Waals surface area contributed by atoms with Crippen molar-refractivity contribution >= 4 is 38.8 Å². The lowest BCUT2D eigenvalue weighted by molar-refractivity contribution is -0.135. The van der Waals surface area contributed by atoms with Gasteiger partial charge in [0.05, 0.1) is 36.5 Å². The molecule has 4 aromatic rings. The number of unbranched alkanes of at least 4 members (excludes halogenated alkanes) is 9. The molecule has 1 heterocycles. The maximum absolute atomic E-state index is 14.3. The van der Waals surface area contributed by atoms with Gasteiger partial charge in [0.2, 0.25) is 5.91 Å². The largest absolute Gasteiger partial charge is 0.495 e. The number of carbonyl (C=O) groups is 3. The van der Waals surface area contributed by atoms with Crippen LogP contribution in [0.15, 0.2) is 88.5 Å². The zero-order chi connectivity index (χ0) is 43.2. The Bertz CT molecular complexity index is 2240. The molecule has 4 rings (SSSR count). The summed E-state index contributed by atoms with van der Waals surface area (Å²) in [6, 6.07) is 20.0. The molecule has 0 saturated heterocycles. The van der Waals surface area contributed by atoms with Crippen LogP contribution in [-0.4, -0.2) is 58.6 Å². The van der Waals surface area contributed by atoms with Crippen molar-refractivity contribution < 1.29 is 27.5 Å². The Balaban J connectivity index is 1.53. The quantitative estimate of drug-likeness (QED) is 0.0571. The van der Waals surface area contributed by atoms with E-state index < -0.39 is 56.2 Å². The number of hydrogen-bond donors (Lipinski definition) is 2. The molecule has 0 bridgehead atoms. The molecular weight excluding hydrogens is 771 g/mol. The fraction of sp³-hybridized carbons (Fsp3) is 0.489. The molecule has 0 aliphatic rings. The molecule has 320 valence electrons. The van der Waals surface area contributed by atoms with Crippen molar-refractivity contribution in [2.75, 3.05) is 29.2 Å². The smallest absolute Gasteiger partial charge is 0.353 e. The first-order chi connectivity index (χ1) is 28.1. The normalized spacial score (nSPS) is 12.8. The summed E-state index contributed by atoms with van der Waals surface area (Å²) in [6.45, 7) is 8.49. The number of methoxy groups -OCH3 is 1. The topological polar surface area (TPSA) is 168 Å². The predicted octanol–water partition coefficient (Wildman–Crippen LogP) is 7.56. The Morgan fingerprint density at radius 1 is 0.746 bits per heavy atom. The molecule has 13 nitrogen and oxygen atoms in total. The van der Waals surface area contributed by atoms with Crippen LogP contribution in [0.3, 0.4) is 0 Å². The summed E-state index contributed by atoms with van der Waals surface area (Å²) in [7, 11) is -2.12. The maximum Gasteiger partial charge on any atom is 0.353 e. The molecule has 2 unspecified atom stereocenters. The molecule has 2 atom stereocenters. The van der Waals surface area contributed by atoms with Gasteiger partial charge in [-0.2, -0.15) is 4.68 Å². The minimum Gasteiger partial charge on any atom is -0.495 e. The highest BCUT2D eigenvalue weighted by molar-refractivity contribution is 7.91. The van der Waals surface area contributed by atoms with Gasteiger partial charge in [0, 0.05) is 17.0 Å². The number of hydrogen-bond acceptors (Lipinski definition) is 8. The molecule has 14 heteroatoms. The van der Waals surface area contributed by atoms with E-state index >= 15 is 0 Å². The number of anilines is 2. The van der Waals surface area contributed by atoms with E-state index in [2.05, 4.69) is 17.6 Å². The van der Waals surface area contributed by atoms with Crippen LogP contribution in [0.4, 0.5) is 11.4 Å². The molecule has 0 saturated carbocycles. The Labute approximate surface area is 348 Å². The van der Waals surface area contributed by atoms with Crippen LogP contribution in [0, 0.1) is 11.3 Å². The molecule has 2 amide bonds. The van der Waals surface area contributed by atoms with Crippen molar-refractivity contribution in [1.82, 2.24) is 13.9 Å². The number of Topliss-reactive ketones (excluding diaryl/α,β-unsaturated/α-hetero) is 1. The summed E-state index contributed by atoms with van der Waals surface area (Å²) < 4.78 is 34.3. The third kappa shape index (κ3) is 13.1. The van der Waals surface area contributed by atoms with Crippen molar-refractivity contribution in [2.24, 2.45) is 11.3 Å². The zero-order valence-corrected chi connectivity index (χ0v) is 36.2. The van der Waals surface area contributed by atoms with E-state index in [1.54, 1.807) is 82.3 Å². The fourth-order valence-corrected chi connectivity index (χ4v) is 8.62. The summed E-state index contributed by atoms with van der Waals surface area (Å²) in [6.07, 6.45) is 10.9. The summed E-state index contributed by atoms with van der Waals surface area (Å²) in [5.41, 5.74) is -1.59. The molecule has 3 aromatic carbocycles. The second-order valence-electron chi connectivity index (χ2n) is 16.2. The number of ether oxygens (including phenoxy) is 1. The second-order valence-corrected chi connectivity index (χ2v) is 18.5. The van der Waals surface area contributed by atoms with Crippen molar-refractivity contribution in [3.8, 4) is 11.4 Å². The molecule has 0 fully saturated rings. The third-order valence-electron chi connectivity index (χ3n) is 10.2. The molecule has 2 N–H and O–H groups in total. The highest BCUT2D eigenvalue weighted by atomic mass is 32.2. The number of sulfone groups is 1. The van der Waals surface area contributed by atoms with Crippen LogP contribution in [0.2, 0.25) is 0 Å². The van der Waals surface area contributed by atoms with Gasteiger partial charge in [-0.3, -0.25) is 14.4 Å². The first kappa shape index (κ1) is 46.4. The Morgan fingerprint density at radius 3 is 1.90 bits per heavy atom. The SMILES string of the molecule is CCCCCCCCCCCCS(=O)(=O)CC(C)C(=O)Nc1ccc(OC)c(NC(=O)C(C(=O)C(C)(C)C)n2c(=O)n(Cc3ccccc3)n(-c3ccccc3)c2=O)c1. The van der Waals surface area contributed by atoms with Crippen LogP contribution in [-0.2, 0) is 30.8 Å². The van der Waals surface area contributed by atoms with E-state index in [1.165, 1.54) is 68.5 Å². The molecule has 0 radical (unpaired) electrons. The van der Waals surface area contributed by atoms with Gasteiger partial charge < -0.3 is 15.4 Å². The van der Waals surface area contributed by atoms with Gasteiger partial charge in [0.1, 0.15) is 5.75 Å². The summed E-state index contributed by atoms with van der Waals surface area (Å²) in [4.78, 5) is 70.3. The Kier molecular flexibility index (Phi) is 17.1. The summed E-state index contributed by atoms with van der Waals surface area (Å²) >= 11 is 0. The van der Waals surface area contributed by atoms with E-state index in [4.69, 9.17) is 4.74 Å². The molecule has 59 heavy (non-hydrogen) atoms. The minimum atomic E-state index is -3.49. The lowest BCUT2D eigenvalue weighted by atomic mass is 9.86. The highest BCUT2D eigenvalue weighted by Gasteiger charge is 2.40. The van der Waals surface area contributed by atoms with Gasteiger partial charge in [-0.15, -0.1) is 0 Å². The minimum absolute atomic E-state index is 0.0173. The van der Waals surface area contributed by atoms with Crippen molar-refractivity contribution in [3.63, 3.8) is 0 Å². The van der Waals surface area contributed by atoms with Crippen LogP contribution in [0.25, 0.3) is 5.69 Å². The van der Waals surface area contributed by atoms with Crippen LogP contribution in [0.5, 0.6) is 5.75 Å². The van der Waals surface area contributed by atoms with Crippen molar-refractivity contribution in [1.29, 1.82) is 0 Å².